The molecule has 0 bridgehead atoms. The minimum atomic E-state index is -0.157. The van der Waals surface area contributed by atoms with Crippen LogP contribution in [0.3, 0.4) is 0 Å². The van der Waals surface area contributed by atoms with Gasteiger partial charge in [-0.05, 0) is 64.1 Å². The lowest BCUT2D eigenvalue weighted by atomic mass is 9.68. The highest BCUT2D eigenvalue weighted by Gasteiger charge is 2.54. The van der Waals surface area contributed by atoms with Gasteiger partial charge < -0.3 is 20.0 Å². The molecule has 3 aliphatic rings. The van der Waals surface area contributed by atoms with Gasteiger partial charge in [0.15, 0.2) is 0 Å². The second-order valence-corrected chi connectivity index (χ2v) is 11.8. The molecule has 2 saturated carbocycles. The van der Waals surface area contributed by atoms with Crippen molar-refractivity contribution in [3.8, 4) is 0 Å². The molecule has 3 fully saturated rings. The Bertz CT molecular complexity index is 952. The molecule has 1 aromatic carbocycles. The quantitative estimate of drug-likeness (QED) is 0.523. The zero-order valence-corrected chi connectivity index (χ0v) is 23.2. The third-order valence-electron chi connectivity index (χ3n) is 9.17. The fourth-order valence-electron chi connectivity index (χ4n) is 6.42. The van der Waals surface area contributed by atoms with Crippen LogP contribution in [0.25, 0.3) is 0 Å². The molecule has 0 atom stereocenters. The number of nitrogens with one attached hydrogen (secondary N) is 1. The van der Waals surface area contributed by atoms with Gasteiger partial charge in [-0.2, -0.15) is 0 Å². The molecular weight excluding hydrogens is 466 g/mol. The van der Waals surface area contributed by atoms with Crippen LogP contribution < -0.4 is 5.32 Å². The SMILES string of the molecule is CN(C)C(=O)CCNC(=O)CCN1C[C@]2(CC[C@](c3ccccc3)(N(C)C)CC2)N(CC2CCC2)C1=O. The summed E-state index contributed by atoms with van der Waals surface area (Å²) in [7, 11) is 7.77. The summed E-state index contributed by atoms with van der Waals surface area (Å²) in [5, 5.41) is 2.84. The van der Waals surface area contributed by atoms with Crippen molar-refractivity contribution in [2.24, 2.45) is 5.92 Å². The molecule has 0 aromatic heterocycles. The summed E-state index contributed by atoms with van der Waals surface area (Å²) in [6.07, 6.45) is 8.17. The summed E-state index contributed by atoms with van der Waals surface area (Å²) in [6.45, 7) is 2.29. The van der Waals surface area contributed by atoms with Gasteiger partial charge in [-0.1, -0.05) is 36.8 Å². The van der Waals surface area contributed by atoms with Crippen LogP contribution >= 0.6 is 0 Å². The summed E-state index contributed by atoms with van der Waals surface area (Å²) in [5.41, 5.74) is 1.18. The summed E-state index contributed by atoms with van der Waals surface area (Å²) >= 11 is 0. The number of hydrogen-bond acceptors (Lipinski definition) is 4. The van der Waals surface area contributed by atoms with Crippen molar-refractivity contribution in [3.05, 3.63) is 35.9 Å². The zero-order valence-electron chi connectivity index (χ0n) is 23.2. The van der Waals surface area contributed by atoms with E-state index < -0.39 is 0 Å². The average Bonchev–Trinajstić information content (AvgIpc) is 3.11. The number of rotatable bonds is 10. The van der Waals surface area contributed by atoms with E-state index in [1.54, 1.807) is 14.1 Å². The number of hydrogen-bond donors (Lipinski definition) is 1. The third kappa shape index (κ3) is 5.79. The Balaban J connectivity index is 1.41. The first-order valence-corrected chi connectivity index (χ1v) is 13.9. The first-order valence-electron chi connectivity index (χ1n) is 13.9. The molecule has 1 N–H and O–H groups in total. The highest BCUT2D eigenvalue weighted by atomic mass is 16.2. The maximum absolute atomic E-state index is 13.7. The smallest absolute Gasteiger partial charge is 0.320 e. The zero-order chi connectivity index (χ0) is 26.6. The van der Waals surface area contributed by atoms with Crippen molar-refractivity contribution in [2.75, 3.05) is 54.4 Å². The summed E-state index contributed by atoms with van der Waals surface area (Å²) in [4.78, 5) is 45.9. The molecule has 2 aliphatic carbocycles. The standard InChI is InChI=1S/C29H45N5O3/c1-31(2)26(36)13-19-30-25(35)14-20-33-22-28(34(27(33)37)21-23-9-8-10-23)15-17-29(18-16-28,32(3)4)24-11-6-5-7-12-24/h5-7,11-12,23H,8-10,13-22H2,1-4H3,(H,30,35)/t28-,29+. The lowest BCUT2D eigenvalue weighted by Gasteiger charge is -2.51. The van der Waals surface area contributed by atoms with Crippen LogP contribution in [0.2, 0.25) is 0 Å². The Kier molecular flexibility index (Phi) is 8.46. The average molecular weight is 512 g/mol. The van der Waals surface area contributed by atoms with Crippen LogP contribution in [0, 0.1) is 5.92 Å². The number of carbonyl (C=O) groups is 3. The molecule has 1 heterocycles. The van der Waals surface area contributed by atoms with Gasteiger partial charge in [-0.15, -0.1) is 0 Å². The number of benzene rings is 1. The first kappa shape index (κ1) is 27.4. The van der Waals surface area contributed by atoms with Gasteiger partial charge >= 0.3 is 6.03 Å². The van der Waals surface area contributed by atoms with E-state index in [4.69, 9.17) is 0 Å². The molecule has 1 aliphatic heterocycles. The molecule has 1 saturated heterocycles. The van der Waals surface area contributed by atoms with E-state index in [1.807, 2.05) is 4.90 Å². The van der Waals surface area contributed by atoms with E-state index in [-0.39, 0.29) is 41.8 Å². The highest BCUT2D eigenvalue weighted by molar-refractivity contribution is 5.81. The van der Waals surface area contributed by atoms with Crippen molar-refractivity contribution in [1.29, 1.82) is 0 Å². The normalized spacial score (nSPS) is 26.0. The van der Waals surface area contributed by atoms with Crippen LogP contribution in [0.1, 0.15) is 63.4 Å². The van der Waals surface area contributed by atoms with Gasteiger partial charge in [0, 0.05) is 58.7 Å². The van der Waals surface area contributed by atoms with Gasteiger partial charge in [-0.3, -0.25) is 14.5 Å². The summed E-state index contributed by atoms with van der Waals surface area (Å²) in [6, 6.07) is 10.9. The molecule has 8 nitrogen and oxygen atoms in total. The molecule has 1 aromatic rings. The molecule has 37 heavy (non-hydrogen) atoms. The van der Waals surface area contributed by atoms with Crippen molar-refractivity contribution < 1.29 is 14.4 Å². The molecule has 4 rings (SSSR count). The number of carbonyl (C=O) groups excluding carboxylic acids is 3. The Labute approximate surface area is 222 Å². The van der Waals surface area contributed by atoms with E-state index in [0.717, 1.165) is 32.2 Å². The first-order chi connectivity index (χ1) is 17.7. The Morgan fingerprint density at radius 3 is 2.24 bits per heavy atom. The lowest BCUT2D eigenvalue weighted by Crippen LogP contribution is -2.56. The largest absolute Gasteiger partial charge is 0.356 e. The number of amides is 4. The summed E-state index contributed by atoms with van der Waals surface area (Å²) < 4.78 is 0. The van der Waals surface area contributed by atoms with Crippen LogP contribution in [0.5, 0.6) is 0 Å². The van der Waals surface area contributed by atoms with Crippen LogP contribution in [-0.4, -0.2) is 97.4 Å². The molecule has 204 valence electrons. The van der Waals surface area contributed by atoms with Gasteiger partial charge in [0.1, 0.15) is 0 Å². The second-order valence-electron chi connectivity index (χ2n) is 11.8. The molecule has 8 heteroatoms. The van der Waals surface area contributed by atoms with E-state index in [9.17, 15) is 14.4 Å². The van der Waals surface area contributed by atoms with Crippen LogP contribution in [0.4, 0.5) is 4.79 Å². The van der Waals surface area contributed by atoms with Crippen molar-refractivity contribution >= 4 is 17.8 Å². The summed E-state index contributed by atoms with van der Waals surface area (Å²) in [5.74, 6) is 0.489. The van der Waals surface area contributed by atoms with Gasteiger partial charge in [0.05, 0.1) is 5.54 Å². The topological polar surface area (TPSA) is 76.2 Å². The third-order valence-corrected chi connectivity index (χ3v) is 9.17. The van der Waals surface area contributed by atoms with E-state index >= 15 is 0 Å². The predicted octanol–water partition coefficient (Wildman–Crippen LogP) is 3.28. The monoisotopic (exact) mass is 511 g/mol. The predicted molar refractivity (Wildman–Crippen MR) is 145 cm³/mol. The van der Waals surface area contributed by atoms with Crippen molar-refractivity contribution in [3.63, 3.8) is 0 Å². The maximum Gasteiger partial charge on any atom is 0.320 e. The second kappa shape index (κ2) is 11.4. The van der Waals surface area contributed by atoms with Crippen LogP contribution in [0.15, 0.2) is 30.3 Å². The minimum absolute atomic E-state index is 0.00907. The molecule has 4 amide bonds. The van der Waals surface area contributed by atoms with Gasteiger partial charge in [-0.25, -0.2) is 4.79 Å². The van der Waals surface area contributed by atoms with E-state index in [2.05, 4.69) is 59.5 Å². The minimum Gasteiger partial charge on any atom is -0.356 e. The number of nitrogens with zero attached hydrogens (tertiary/aromatic N) is 4. The molecule has 1 spiro atoms. The molecular formula is C29H45N5O3. The van der Waals surface area contributed by atoms with Crippen LogP contribution in [-0.2, 0) is 15.1 Å². The Morgan fingerprint density at radius 1 is 1.00 bits per heavy atom. The van der Waals surface area contributed by atoms with E-state index in [1.165, 1.54) is 29.7 Å². The lowest BCUT2D eigenvalue weighted by molar-refractivity contribution is -0.128. The Morgan fingerprint density at radius 2 is 1.68 bits per heavy atom. The fraction of sp³-hybridized carbons (Fsp3) is 0.690. The van der Waals surface area contributed by atoms with E-state index in [0.29, 0.717) is 25.6 Å². The molecule has 0 radical (unpaired) electrons. The van der Waals surface area contributed by atoms with Crippen molar-refractivity contribution in [2.45, 2.75) is 68.9 Å². The Hall–Kier alpha value is -2.61. The van der Waals surface area contributed by atoms with Crippen molar-refractivity contribution in [1.82, 2.24) is 24.9 Å². The van der Waals surface area contributed by atoms with Gasteiger partial charge in [0.2, 0.25) is 11.8 Å². The maximum atomic E-state index is 13.7. The highest BCUT2D eigenvalue weighted by Crippen LogP contribution is 2.49. The fourth-order valence-corrected chi connectivity index (χ4v) is 6.42. The number of urea groups is 1. The van der Waals surface area contributed by atoms with Gasteiger partial charge in [0.25, 0.3) is 0 Å². The molecule has 0 unspecified atom stereocenters.